The predicted octanol–water partition coefficient (Wildman–Crippen LogP) is 4.21. The van der Waals surface area contributed by atoms with Crippen LogP contribution in [0.1, 0.15) is 51.7 Å². The van der Waals surface area contributed by atoms with Crippen LogP contribution in [0.2, 0.25) is 0 Å². The molecule has 106 valence electrons. The minimum atomic E-state index is 0.444. The molecule has 19 heavy (non-hydrogen) atoms. The van der Waals surface area contributed by atoms with Crippen molar-refractivity contribution in [1.29, 1.82) is 0 Å². The lowest BCUT2D eigenvalue weighted by Gasteiger charge is -2.28. The number of fused-ring (bicyclic) bond motifs is 1. The van der Waals surface area contributed by atoms with Crippen molar-refractivity contribution >= 4 is 0 Å². The standard InChI is InChI=1S/C18H29N/c1-5-19-17(10-11-18(2,3)4)16-12-14-8-6-7-9-15(14)13-16/h6-9,16-17,19H,5,10-13H2,1-4H3. The van der Waals surface area contributed by atoms with E-state index in [4.69, 9.17) is 0 Å². The molecule has 0 aromatic heterocycles. The SMILES string of the molecule is CCNC(CCC(C)(C)C)C1Cc2ccccc2C1. The molecule has 1 aromatic rings. The van der Waals surface area contributed by atoms with Gasteiger partial charge in [-0.05, 0) is 54.7 Å². The smallest absolute Gasteiger partial charge is 0.0102 e. The van der Waals surface area contributed by atoms with Crippen LogP contribution in [0.15, 0.2) is 24.3 Å². The molecule has 0 bridgehead atoms. The zero-order chi connectivity index (χ0) is 13.9. The Morgan fingerprint density at radius 1 is 1.16 bits per heavy atom. The molecule has 0 spiro atoms. The second-order valence-corrected chi connectivity index (χ2v) is 7.20. The van der Waals surface area contributed by atoms with Crippen LogP contribution in [0.25, 0.3) is 0 Å². The van der Waals surface area contributed by atoms with E-state index in [0.29, 0.717) is 11.5 Å². The molecule has 0 radical (unpaired) electrons. The van der Waals surface area contributed by atoms with Gasteiger partial charge in [0.1, 0.15) is 0 Å². The van der Waals surface area contributed by atoms with Gasteiger partial charge in [0, 0.05) is 6.04 Å². The van der Waals surface area contributed by atoms with Crippen molar-refractivity contribution in [3.8, 4) is 0 Å². The quantitative estimate of drug-likeness (QED) is 0.835. The Hall–Kier alpha value is -0.820. The normalized spacial score (nSPS) is 17.5. The summed E-state index contributed by atoms with van der Waals surface area (Å²) in [6.07, 6.45) is 5.13. The van der Waals surface area contributed by atoms with Gasteiger partial charge in [-0.1, -0.05) is 52.0 Å². The lowest BCUT2D eigenvalue weighted by atomic mass is 9.84. The largest absolute Gasteiger partial charge is 0.314 e. The highest BCUT2D eigenvalue weighted by Crippen LogP contribution is 2.32. The van der Waals surface area contributed by atoms with Crippen LogP contribution in [0.4, 0.5) is 0 Å². The van der Waals surface area contributed by atoms with E-state index in [1.54, 1.807) is 11.1 Å². The third kappa shape index (κ3) is 4.07. The Labute approximate surface area is 118 Å². The molecule has 1 unspecified atom stereocenters. The first kappa shape index (κ1) is 14.6. The second-order valence-electron chi connectivity index (χ2n) is 7.20. The maximum atomic E-state index is 3.73. The van der Waals surface area contributed by atoms with E-state index in [-0.39, 0.29) is 0 Å². The summed E-state index contributed by atoms with van der Waals surface area (Å²) in [5, 5.41) is 3.73. The molecule has 1 nitrogen and oxygen atoms in total. The minimum Gasteiger partial charge on any atom is -0.314 e. The van der Waals surface area contributed by atoms with Crippen LogP contribution in [-0.4, -0.2) is 12.6 Å². The van der Waals surface area contributed by atoms with Crippen LogP contribution < -0.4 is 5.32 Å². The highest BCUT2D eigenvalue weighted by Gasteiger charge is 2.28. The fourth-order valence-electron chi connectivity index (χ4n) is 3.23. The number of nitrogens with one attached hydrogen (secondary N) is 1. The lowest BCUT2D eigenvalue weighted by Crippen LogP contribution is -2.37. The Kier molecular flexibility index (Phi) is 4.67. The van der Waals surface area contributed by atoms with E-state index < -0.39 is 0 Å². The van der Waals surface area contributed by atoms with E-state index in [9.17, 15) is 0 Å². The maximum absolute atomic E-state index is 3.73. The van der Waals surface area contributed by atoms with E-state index in [2.05, 4.69) is 57.3 Å². The Bertz CT molecular complexity index is 377. The summed E-state index contributed by atoms with van der Waals surface area (Å²) in [5.74, 6) is 0.791. The van der Waals surface area contributed by atoms with Crippen molar-refractivity contribution in [2.24, 2.45) is 11.3 Å². The number of hydrogen-bond acceptors (Lipinski definition) is 1. The van der Waals surface area contributed by atoms with Gasteiger partial charge >= 0.3 is 0 Å². The van der Waals surface area contributed by atoms with E-state index >= 15 is 0 Å². The van der Waals surface area contributed by atoms with E-state index in [1.165, 1.54) is 25.7 Å². The van der Waals surface area contributed by atoms with Crippen molar-refractivity contribution < 1.29 is 0 Å². The molecule has 0 saturated heterocycles. The molecule has 1 aromatic carbocycles. The predicted molar refractivity (Wildman–Crippen MR) is 83.5 cm³/mol. The second kappa shape index (κ2) is 6.09. The molecular formula is C18H29N. The summed E-state index contributed by atoms with van der Waals surface area (Å²) >= 11 is 0. The molecule has 1 aliphatic rings. The highest BCUT2D eigenvalue weighted by molar-refractivity contribution is 5.32. The van der Waals surface area contributed by atoms with Crippen LogP contribution >= 0.6 is 0 Å². The average molecular weight is 259 g/mol. The number of hydrogen-bond donors (Lipinski definition) is 1. The summed E-state index contributed by atoms with van der Waals surface area (Å²) < 4.78 is 0. The Morgan fingerprint density at radius 2 is 1.74 bits per heavy atom. The van der Waals surface area contributed by atoms with Crippen molar-refractivity contribution in [2.45, 2.75) is 59.4 Å². The topological polar surface area (TPSA) is 12.0 Å². The number of benzene rings is 1. The molecule has 0 fully saturated rings. The molecule has 1 N–H and O–H groups in total. The fourth-order valence-corrected chi connectivity index (χ4v) is 3.23. The monoisotopic (exact) mass is 259 g/mol. The molecule has 2 rings (SSSR count). The zero-order valence-electron chi connectivity index (χ0n) is 13.0. The molecule has 1 heteroatoms. The zero-order valence-corrected chi connectivity index (χ0v) is 13.0. The van der Waals surface area contributed by atoms with Crippen LogP contribution in [-0.2, 0) is 12.8 Å². The van der Waals surface area contributed by atoms with Crippen LogP contribution in [0.3, 0.4) is 0 Å². The molecule has 0 aliphatic heterocycles. The molecular weight excluding hydrogens is 230 g/mol. The lowest BCUT2D eigenvalue weighted by molar-refractivity contribution is 0.284. The van der Waals surface area contributed by atoms with Gasteiger partial charge in [0.05, 0.1) is 0 Å². The Balaban J connectivity index is 1.98. The molecule has 0 amide bonds. The van der Waals surface area contributed by atoms with Gasteiger partial charge in [-0.3, -0.25) is 0 Å². The molecule has 1 aliphatic carbocycles. The summed E-state index contributed by atoms with van der Waals surface area (Å²) in [7, 11) is 0. The van der Waals surface area contributed by atoms with Gasteiger partial charge in [-0.2, -0.15) is 0 Å². The first-order chi connectivity index (χ1) is 8.99. The van der Waals surface area contributed by atoms with E-state index in [1.807, 2.05) is 0 Å². The van der Waals surface area contributed by atoms with Crippen LogP contribution in [0, 0.1) is 11.3 Å². The highest BCUT2D eigenvalue weighted by atomic mass is 14.9. The molecule has 1 atom stereocenters. The summed E-state index contributed by atoms with van der Waals surface area (Å²) in [5.41, 5.74) is 3.59. The maximum Gasteiger partial charge on any atom is 0.0102 e. The van der Waals surface area contributed by atoms with Gasteiger partial charge in [0.15, 0.2) is 0 Å². The first-order valence-corrected chi connectivity index (χ1v) is 7.80. The van der Waals surface area contributed by atoms with Gasteiger partial charge < -0.3 is 5.32 Å². The van der Waals surface area contributed by atoms with Crippen molar-refractivity contribution in [2.75, 3.05) is 6.54 Å². The van der Waals surface area contributed by atoms with Crippen molar-refractivity contribution in [3.63, 3.8) is 0 Å². The van der Waals surface area contributed by atoms with Crippen molar-refractivity contribution in [3.05, 3.63) is 35.4 Å². The summed E-state index contributed by atoms with van der Waals surface area (Å²) in [4.78, 5) is 0. The van der Waals surface area contributed by atoms with Crippen molar-refractivity contribution in [1.82, 2.24) is 5.32 Å². The first-order valence-electron chi connectivity index (χ1n) is 7.80. The minimum absolute atomic E-state index is 0.444. The third-order valence-corrected chi connectivity index (χ3v) is 4.32. The molecule has 0 heterocycles. The van der Waals surface area contributed by atoms with Gasteiger partial charge in [0.2, 0.25) is 0 Å². The Morgan fingerprint density at radius 3 is 2.21 bits per heavy atom. The van der Waals surface area contributed by atoms with Gasteiger partial charge in [0.25, 0.3) is 0 Å². The van der Waals surface area contributed by atoms with Crippen LogP contribution in [0.5, 0.6) is 0 Å². The van der Waals surface area contributed by atoms with E-state index in [0.717, 1.165) is 12.5 Å². The van der Waals surface area contributed by atoms with Gasteiger partial charge in [-0.25, -0.2) is 0 Å². The summed E-state index contributed by atoms with van der Waals surface area (Å²) in [6.45, 7) is 10.4. The number of rotatable bonds is 5. The van der Waals surface area contributed by atoms with Gasteiger partial charge in [-0.15, -0.1) is 0 Å². The fraction of sp³-hybridized carbons (Fsp3) is 0.667. The average Bonchev–Trinajstić information content (AvgIpc) is 2.76. The summed E-state index contributed by atoms with van der Waals surface area (Å²) in [6, 6.07) is 9.65. The third-order valence-electron chi connectivity index (χ3n) is 4.32. The molecule has 0 saturated carbocycles.